The third-order valence-corrected chi connectivity index (χ3v) is 3.56. The summed E-state index contributed by atoms with van der Waals surface area (Å²) in [5.41, 5.74) is 0. The molecule has 16 heavy (non-hydrogen) atoms. The summed E-state index contributed by atoms with van der Waals surface area (Å²) in [7, 11) is 0. The molecule has 0 aliphatic carbocycles. The normalized spacial score (nSPS) is 26.6. The first-order valence-corrected chi connectivity index (χ1v) is 6.42. The standard InChI is InChI=1S/C12H22N2O2/c1-2-16-9-11-5-3-4-6-14(11)12(15)10-7-13-8-10/h10-11,13H,2-9H2,1H3/t11-/m0/s1. The van der Waals surface area contributed by atoms with Crippen LogP contribution in [-0.4, -0.2) is 49.7 Å². The predicted octanol–water partition coefficient (Wildman–Crippen LogP) is 0.623. The van der Waals surface area contributed by atoms with Gasteiger partial charge in [0.25, 0.3) is 0 Å². The quantitative estimate of drug-likeness (QED) is 0.764. The van der Waals surface area contributed by atoms with E-state index in [0.29, 0.717) is 18.6 Å². The molecule has 2 aliphatic heterocycles. The van der Waals surface area contributed by atoms with Gasteiger partial charge in [0.05, 0.1) is 18.6 Å². The van der Waals surface area contributed by atoms with Crippen LogP contribution in [0, 0.1) is 5.92 Å². The number of amides is 1. The number of nitrogens with zero attached hydrogens (tertiary/aromatic N) is 1. The van der Waals surface area contributed by atoms with Gasteiger partial charge in [-0.3, -0.25) is 4.79 Å². The lowest BCUT2D eigenvalue weighted by molar-refractivity contribution is -0.142. The van der Waals surface area contributed by atoms with Crippen molar-refractivity contribution in [3.8, 4) is 0 Å². The topological polar surface area (TPSA) is 41.6 Å². The fourth-order valence-electron chi connectivity index (χ4n) is 2.42. The summed E-state index contributed by atoms with van der Waals surface area (Å²) in [6.07, 6.45) is 3.48. The van der Waals surface area contributed by atoms with E-state index in [1.807, 2.05) is 6.92 Å². The first-order valence-electron chi connectivity index (χ1n) is 6.42. The van der Waals surface area contributed by atoms with Crippen LogP contribution in [0.5, 0.6) is 0 Å². The molecule has 0 radical (unpaired) electrons. The average Bonchev–Trinajstić information content (AvgIpc) is 2.24. The molecule has 92 valence electrons. The molecule has 0 bridgehead atoms. The van der Waals surface area contributed by atoms with Crippen molar-refractivity contribution in [2.75, 3.05) is 32.8 Å². The zero-order chi connectivity index (χ0) is 11.4. The molecule has 0 unspecified atom stereocenters. The lowest BCUT2D eigenvalue weighted by atomic mass is 9.96. The molecular weight excluding hydrogens is 204 g/mol. The first kappa shape index (κ1) is 11.9. The number of hydrogen-bond donors (Lipinski definition) is 1. The smallest absolute Gasteiger partial charge is 0.228 e. The molecule has 2 heterocycles. The van der Waals surface area contributed by atoms with Gasteiger partial charge in [0.1, 0.15) is 0 Å². The molecule has 4 nitrogen and oxygen atoms in total. The molecule has 0 aromatic carbocycles. The highest BCUT2D eigenvalue weighted by Gasteiger charge is 2.34. The van der Waals surface area contributed by atoms with E-state index < -0.39 is 0 Å². The highest BCUT2D eigenvalue weighted by molar-refractivity contribution is 5.80. The van der Waals surface area contributed by atoms with Crippen molar-refractivity contribution in [2.24, 2.45) is 5.92 Å². The minimum atomic E-state index is 0.224. The van der Waals surface area contributed by atoms with Crippen LogP contribution in [0.15, 0.2) is 0 Å². The van der Waals surface area contributed by atoms with Crippen LogP contribution in [-0.2, 0) is 9.53 Å². The molecule has 0 aromatic heterocycles. The summed E-state index contributed by atoms with van der Waals surface area (Å²) in [6, 6.07) is 0.321. The van der Waals surface area contributed by atoms with E-state index in [1.54, 1.807) is 0 Å². The van der Waals surface area contributed by atoms with E-state index in [9.17, 15) is 4.79 Å². The molecule has 4 heteroatoms. The Morgan fingerprint density at radius 2 is 2.25 bits per heavy atom. The number of rotatable bonds is 4. The van der Waals surface area contributed by atoms with Crippen molar-refractivity contribution >= 4 is 5.91 Å². The number of likely N-dealkylation sites (tertiary alicyclic amines) is 1. The third kappa shape index (κ3) is 2.55. The maximum Gasteiger partial charge on any atom is 0.228 e. The first-order chi connectivity index (χ1) is 7.83. The second-order valence-corrected chi connectivity index (χ2v) is 4.70. The van der Waals surface area contributed by atoms with Crippen LogP contribution in [0.3, 0.4) is 0 Å². The maximum absolute atomic E-state index is 12.2. The Bertz CT molecular complexity index is 241. The van der Waals surface area contributed by atoms with E-state index in [1.165, 1.54) is 6.42 Å². The van der Waals surface area contributed by atoms with Crippen LogP contribution in [0.4, 0.5) is 0 Å². The van der Waals surface area contributed by atoms with Gasteiger partial charge in [-0.2, -0.15) is 0 Å². The fraction of sp³-hybridized carbons (Fsp3) is 0.917. The van der Waals surface area contributed by atoms with Gasteiger partial charge >= 0.3 is 0 Å². The summed E-state index contributed by atoms with van der Waals surface area (Å²) in [5.74, 6) is 0.561. The SMILES string of the molecule is CCOC[C@@H]1CCCCN1C(=O)C1CNC1. The van der Waals surface area contributed by atoms with Crippen molar-refractivity contribution in [1.29, 1.82) is 0 Å². The van der Waals surface area contributed by atoms with E-state index in [4.69, 9.17) is 4.74 Å². The zero-order valence-corrected chi connectivity index (χ0v) is 10.1. The Morgan fingerprint density at radius 3 is 2.88 bits per heavy atom. The predicted molar refractivity (Wildman–Crippen MR) is 62.2 cm³/mol. The Labute approximate surface area is 97.3 Å². The number of carbonyl (C=O) groups is 1. The molecule has 2 saturated heterocycles. The maximum atomic E-state index is 12.2. The van der Waals surface area contributed by atoms with Crippen molar-refractivity contribution in [1.82, 2.24) is 10.2 Å². The number of carbonyl (C=O) groups excluding carboxylic acids is 1. The van der Waals surface area contributed by atoms with Gasteiger partial charge in [0.2, 0.25) is 5.91 Å². The van der Waals surface area contributed by atoms with Gasteiger partial charge in [-0.15, -0.1) is 0 Å². The Balaban J connectivity index is 1.89. The molecule has 0 aromatic rings. The number of nitrogens with one attached hydrogen (secondary N) is 1. The van der Waals surface area contributed by atoms with E-state index >= 15 is 0 Å². The zero-order valence-electron chi connectivity index (χ0n) is 10.1. The molecule has 0 saturated carbocycles. The summed E-state index contributed by atoms with van der Waals surface area (Å²) >= 11 is 0. The molecule has 2 aliphatic rings. The average molecular weight is 226 g/mol. The number of ether oxygens (including phenoxy) is 1. The summed E-state index contributed by atoms with van der Waals surface area (Å²) in [4.78, 5) is 14.2. The van der Waals surface area contributed by atoms with Gasteiger partial charge in [-0.25, -0.2) is 0 Å². The molecule has 1 atom stereocenters. The minimum Gasteiger partial charge on any atom is -0.380 e. The Kier molecular flexibility index (Phi) is 4.18. The highest BCUT2D eigenvalue weighted by atomic mass is 16.5. The van der Waals surface area contributed by atoms with Gasteiger partial charge in [-0.1, -0.05) is 0 Å². The lowest BCUT2D eigenvalue weighted by Crippen LogP contribution is -2.56. The van der Waals surface area contributed by atoms with Crippen LogP contribution in [0.2, 0.25) is 0 Å². The van der Waals surface area contributed by atoms with Crippen LogP contribution < -0.4 is 5.32 Å². The monoisotopic (exact) mass is 226 g/mol. The van der Waals surface area contributed by atoms with E-state index in [2.05, 4.69) is 10.2 Å². The van der Waals surface area contributed by atoms with E-state index in [0.717, 1.165) is 39.1 Å². The number of hydrogen-bond acceptors (Lipinski definition) is 3. The summed E-state index contributed by atoms with van der Waals surface area (Å²) in [6.45, 7) is 6.09. The lowest BCUT2D eigenvalue weighted by Gasteiger charge is -2.39. The molecular formula is C12H22N2O2. The fourth-order valence-corrected chi connectivity index (χ4v) is 2.42. The summed E-state index contributed by atoms with van der Waals surface area (Å²) < 4.78 is 5.48. The van der Waals surface area contributed by atoms with Crippen molar-refractivity contribution < 1.29 is 9.53 Å². The van der Waals surface area contributed by atoms with Gasteiger partial charge in [0.15, 0.2) is 0 Å². The second-order valence-electron chi connectivity index (χ2n) is 4.70. The third-order valence-electron chi connectivity index (χ3n) is 3.56. The molecule has 2 rings (SSSR count). The highest BCUT2D eigenvalue weighted by Crippen LogP contribution is 2.21. The molecule has 1 amide bonds. The molecule has 2 fully saturated rings. The van der Waals surface area contributed by atoms with Gasteiger partial charge < -0.3 is 15.0 Å². The molecule has 1 N–H and O–H groups in total. The minimum absolute atomic E-state index is 0.224. The van der Waals surface area contributed by atoms with Crippen LogP contribution in [0.25, 0.3) is 0 Å². The van der Waals surface area contributed by atoms with Crippen molar-refractivity contribution in [2.45, 2.75) is 32.2 Å². The summed E-state index contributed by atoms with van der Waals surface area (Å²) in [5, 5.41) is 3.16. The number of piperidine rings is 1. The molecule has 0 spiro atoms. The Hall–Kier alpha value is -0.610. The van der Waals surface area contributed by atoms with Crippen LogP contribution in [0.1, 0.15) is 26.2 Å². The van der Waals surface area contributed by atoms with Gasteiger partial charge in [0, 0.05) is 26.2 Å². The van der Waals surface area contributed by atoms with E-state index in [-0.39, 0.29) is 5.92 Å². The Morgan fingerprint density at radius 1 is 1.44 bits per heavy atom. The van der Waals surface area contributed by atoms with Crippen LogP contribution >= 0.6 is 0 Å². The van der Waals surface area contributed by atoms with Crippen molar-refractivity contribution in [3.63, 3.8) is 0 Å². The van der Waals surface area contributed by atoms with Gasteiger partial charge in [-0.05, 0) is 26.2 Å². The second kappa shape index (κ2) is 5.64. The largest absolute Gasteiger partial charge is 0.380 e. The van der Waals surface area contributed by atoms with Crippen molar-refractivity contribution in [3.05, 3.63) is 0 Å².